The SMILES string of the molecule is O=C(O)CCC(=O)NC(CO)OCNCCNc1cccc2c(S(O)(O)O)cccc12. The molecule has 2 aromatic carbocycles. The first kappa shape index (κ1) is 24.8. The lowest BCUT2D eigenvalue weighted by molar-refractivity contribution is -0.139. The van der Waals surface area contributed by atoms with Crippen molar-refractivity contribution in [2.45, 2.75) is 24.0 Å². The molecule has 8 N–H and O–H groups in total. The van der Waals surface area contributed by atoms with Gasteiger partial charge in [-0.15, -0.1) is 0 Å². The summed E-state index contributed by atoms with van der Waals surface area (Å²) < 4.78 is 34.1. The zero-order valence-electron chi connectivity index (χ0n) is 16.7. The standard InChI is InChI=1S/C19H27N3O8S/c23-11-18(22-17(24)7-8-19(25)26)30-12-20-9-10-21-15-5-1-4-14-13(15)3-2-6-16(14)31(27,28)29/h1-6,18,20-21,23,27-29H,7-12H2,(H,22,24)(H,25,26). The summed E-state index contributed by atoms with van der Waals surface area (Å²) in [5.74, 6) is -1.62. The average molecular weight is 458 g/mol. The van der Waals surface area contributed by atoms with Crippen LogP contribution in [0.5, 0.6) is 0 Å². The molecule has 1 atom stereocenters. The van der Waals surface area contributed by atoms with Gasteiger partial charge in [0.15, 0.2) is 6.23 Å². The fourth-order valence-corrected chi connectivity index (χ4v) is 3.54. The lowest BCUT2D eigenvalue weighted by Gasteiger charge is -2.22. The molecular weight excluding hydrogens is 430 g/mol. The van der Waals surface area contributed by atoms with E-state index in [0.717, 1.165) is 11.1 Å². The van der Waals surface area contributed by atoms with Gasteiger partial charge < -0.3 is 39.2 Å². The minimum atomic E-state index is -3.84. The van der Waals surface area contributed by atoms with E-state index in [1.807, 2.05) is 6.07 Å². The first-order valence-corrected chi connectivity index (χ1v) is 10.9. The average Bonchev–Trinajstić information content (AvgIpc) is 2.72. The Balaban J connectivity index is 1.78. The maximum Gasteiger partial charge on any atom is 0.303 e. The zero-order chi connectivity index (χ0) is 22.9. The van der Waals surface area contributed by atoms with Gasteiger partial charge in [0.25, 0.3) is 0 Å². The van der Waals surface area contributed by atoms with Crippen LogP contribution in [0.15, 0.2) is 41.3 Å². The number of aliphatic hydroxyl groups excluding tert-OH is 1. The summed E-state index contributed by atoms with van der Waals surface area (Å²) in [6.45, 7) is 0.533. The molecule has 12 heteroatoms. The van der Waals surface area contributed by atoms with Gasteiger partial charge in [0.1, 0.15) is 10.9 Å². The van der Waals surface area contributed by atoms with Crippen LogP contribution in [0.25, 0.3) is 10.8 Å². The summed E-state index contributed by atoms with van der Waals surface area (Å²) in [4.78, 5) is 22.1. The number of anilines is 1. The summed E-state index contributed by atoms with van der Waals surface area (Å²) in [5.41, 5.74) is 0.740. The first-order valence-electron chi connectivity index (χ1n) is 9.43. The third kappa shape index (κ3) is 7.95. The highest BCUT2D eigenvalue weighted by Crippen LogP contribution is 2.47. The molecule has 0 aliphatic rings. The molecular formula is C19H27N3O8S. The molecule has 0 heterocycles. The third-order valence-corrected chi connectivity index (χ3v) is 5.18. The largest absolute Gasteiger partial charge is 0.481 e. The number of rotatable bonds is 13. The first-order chi connectivity index (χ1) is 14.7. The van der Waals surface area contributed by atoms with Gasteiger partial charge >= 0.3 is 5.97 Å². The predicted octanol–water partition coefficient (Wildman–Crippen LogP) is 1.70. The van der Waals surface area contributed by atoms with Crippen molar-refractivity contribution in [2.75, 3.05) is 31.7 Å². The van der Waals surface area contributed by atoms with Crippen LogP contribution >= 0.6 is 10.9 Å². The normalized spacial score (nSPS) is 13.0. The van der Waals surface area contributed by atoms with Crippen molar-refractivity contribution < 1.29 is 38.2 Å². The van der Waals surface area contributed by atoms with Crippen molar-refractivity contribution in [3.8, 4) is 0 Å². The number of ether oxygens (including phenoxy) is 1. The highest BCUT2D eigenvalue weighted by Gasteiger charge is 2.19. The van der Waals surface area contributed by atoms with Crippen molar-refractivity contribution in [1.29, 1.82) is 0 Å². The molecule has 0 bridgehead atoms. The number of carboxylic acid groups (broad SMARTS) is 1. The molecule has 172 valence electrons. The second kappa shape index (κ2) is 11.8. The number of hydrogen-bond donors (Lipinski definition) is 8. The Morgan fingerprint density at radius 1 is 1.00 bits per heavy atom. The fraction of sp³-hybridized carbons (Fsp3) is 0.368. The molecule has 1 unspecified atom stereocenters. The van der Waals surface area contributed by atoms with E-state index in [0.29, 0.717) is 18.5 Å². The van der Waals surface area contributed by atoms with Gasteiger partial charge in [-0.3, -0.25) is 14.9 Å². The number of benzene rings is 2. The van der Waals surface area contributed by atoms with Crippen LogP contribution in [0.3, 0.4) is 0 Å². The van der Waals surface area contributed by atoms with E-state index in [4.69, 9.17) is 9.84 Å². The summed E-state index contributed by atoms with van der Waals surface area (Å²) in [5, 5.41) is 27.6. The van der Waals surface area contributed by atoms with Gasteiger partial charge in [0.2, 0.25) is 5.91 Å². The van der Waals surface area contributed by atoms with E-state index in [1.54, 1.807) is 24.3 Å². The topological polar surface area (TPSA) is 181 Å². The van der Waals surface area contributed by atoms with E-state index >= 15 is 0 Å². The molecule has 0 saturated carbocycles. The van der Waals surface area contributed by atoms with Crippen LogP contribution in [0.4, 0.5) is 5.69 Å². The van der Waals surface area contributed by atoms with Crippen LogP contribution in [0.1, 0.15) is 12.8 Å². The molecule has 0 fully saturated rings. The highest BCUT2D eigenvalue weighted by molar-refractivity contribution is 8.19. The van der Waals surface area contributed by atoms with Gasteiger partial charge in [-0.2, -0.15) is 0 Å². The van der Waals surface area contributed by atoms with Crippen molar-refractivity contribution in [1.82, 2.24) is 10.6 Å². The molecule has 11 nitrogen and oxygen atoms in total. The Morgan fingerprint density at radius 2 is 1.71 bits per heavy atom. The summed E-state index contributed by atoms with van der Waals surface area (Å²) in [7, 11) is -3.84. The van der Waals surface area contributed by atoms with E-state index in [1.165, 1.54) is 6.07 Å². The molecule has 1 amide bonds. The fourth-order valence-electron chi connectivity index (χ4n) is 2.80. The van der Waals surface area contributed by atoms with Crippen LogP contribution < -0.4 is 16.0 Å². The van der Waals surface area contributed by atoms with E-state index < -0.39 is 35.6 Å². The monoisotopic (exact) mass is 457 g/mol. The number of amides is 1. The van der Waals surface area contributed by atoms with Gasteiger partial charge in [-0.25, -0.2) is 0 Å². The molecule has 0 spiro atoms. The number of carboxylic acids is 1. The van der Waals surface area contributed by atoms with Crippen molar-refractivity contribution in [3.63, 3.8) is 0 Å². The van der Waals surface area contributed by atoms with Crippen molar-refractivity contribution >= 4 is 39.2 Å². The van der Waals surface area contributed by atoms with E-state index in [2.05, 4.69) is 16.0 Å². The minimum Gasteiger partial charge on any atom is -0.481 e. The molecule has 0 aromatic heterocycles. The van der Waals surface area contributed by atoms with Crippen LogP contribution in [0.2, 0.25) is 0 Å². The van der Waals surface area contributed by atoms with Crippen molar-refractivity contribution in [3.05, 3.63) is 36.4 Å². The van der Waals surface area contributed by atoms with Crippen molar-refractivity contribution in [2.24, 2.45) is 0 Å². The van der Waals surface area contributed by atoms with Crippen LogP contribution in [-0.2, 0) is 14.3 Å². The molecule has 31 heavy (non-hydrogen) atoms. The third-order valence-electron chi connectivity index (χ3n) is 4.23. The Morgan fingerprint density at radius 3 is 2.39 bits per heavy atom. The number of nitrogens with one attached hydrogen (secondary N) is 3. The van der Waals surface area contributed by atoms with E-state index in [9.17, 15) is 28.4 Å². The molecule has 0 radical (unpaired) electrons. The highest BCUT2D eigenvalue weighted by atomic mass is 32.3. The summed E-state index contributed by atoms with van der Waals surface area (Å²) >= 11 is 0. The number of aliphatic carboxylic acids is 1. The molecule has 2 aromatic rings. The van der Waals surface area contributed by atoms with Gasteiger partial charge in [-0.05, 0) is 12.1 Å². The van der Waals surface area contributed by atoms with Crippen LogP contribution in [0, 0.1) is 0 Å². The lowest BCUT2D eigenvalue weighted by atomic mass is 10.1. The second-order valence-corrected chi connectivity index (χ2v) is 8.02. The maximum atomic E-state index is 11.6. The predicted molar refractivity (Wildman–Crippen MR) is 116 cm³/mol. The van der Waals surface area contributed by atoms with Crippen LogP contribution in [-0.4, -0.2) is 68.4 Å². The minimum absolute atomic E-state index is 0.0389. The number of hydrogen-bond acceptors (Lipinski definition) is 9. The summed E-state index contributed by atoms with van der Waals surface area (Å²) in [6.07, 6.45) is -1.46. The van der Waals surface area contributed by atoms with Gasteiger partial charge in [-0.1, -0.05) is 24.3 Å². The molecule has 0 aliphatic carbocycles. The maximum absolute atomic E-state index is 11.6. The Hall–Kier alpha value is -2.45. The quantitative estimate of drug-likeness (QED) is 0.163. The molecule has 2 rings (SSSR count). The Labute approximate surface area is 180 Å². The lowest BCUT2D eigenvalue weighted by Crippen LogP contribution is -2.41. The number of fused-ring (bicyclic) bond motifs is 1. The number of carbonyl (C=O) groups is 2. The van der Waals surface area contributed by atoms with Gasteiger partial charge in [0.05, 0.1) is 24.7 Å². The van der Waals surface area contributed by atoms with E-state index in [-0.39, 0.29) is 24.5 Å². The number of aliphatic hydroxyl groups is 1. The molecule has 0 aliphatic heterocycles. The Bertz CT molecular complexity index is 890. The zero-order valence-corrected chi connectivity index (χ0v) is 17.5. The van der Waals surface area contributed by atoms with Gasteiger partial charge in [0, 0.05) is 36.0 Å². The smallest absolute Gasteiger partial charge is 0.303 e. The molecule has 0 saturated heterocycles. The second-order valence-electron chi connectivity index (χ2n) is 6.55. The Kier molecular flexibility index (Phi) is 9.45. The summed E-state index contributed by atoms with van der Waals surface area (Å²) in [6, 6.07) is 10.1. The number of carbonyl (C=O) groups excluding carboxylic acids is 1.